The SMILES string of the molecule is COc1ccc(F)cc1Nc1ccc2c(c1)OCO2. The van der Waals surface area contributed by atoms with E-state index >= 15 is 0 Å². The number of fused-ring (bicyclic) bond motifs is 1. The van der Waals surface area contributed by atoms with Crippen molar-refractivity contribution in [3.8, 4) is 17.2 Å². The molecule has 0 aromatic heterocycles. The van der Waals surface area contributed by atoms with Gasteiger partial charge in [0.25, 0.3) is 0 Å². The highest BCUT2D eigenvalue weighted by Gasteiger charge is 2.14. The van der Waals surface area contributed by atoms with E-state index in [2.05, 4.69) is 5.32 Å². The average Bonchev–Trinajstić information content (AvgIpc) is 2.86. The minimum Gasteiger partial charge on any atom is -0.495 e. The van der Waals surface area contributed by atoms with Gasteiger partial charge in [-0.15, -0.1) is 0 Å². The van der Waals surface area contributed by atoms with Crippen LogP contribution < -0.4 is 19.5 Å². The molecule has 0 saturated carbocycles. The van der Waals surface area contributed by atoms with E-state index in [1.807, 2.05) is 6.07 Å². The Morgan fingerprint density at radius 2 is 1.95 bits per heavy atom. The summed E-state index contributed by atoms with van der Waals surface area (Å²) in [6.07, 6.45) is 0. The van der Waals surface area contributed by atoms with E-state index in [9.17, 15) is 4.39 Å². The van der Waals surface area contributed by atoms with Crippen molar-refractivity contribution in [3.63, 3.8) is 0 Å². The summed E-state index contributed by atoms with van der Waals surface area (Å²) in [6.45, 7) is 0.224. The number of hydrogen-bond donors (Lipinski definition) is 1. The van der Waals surface area contributed by atoms with Crippen molar-refractivity contribution in [1.29, 1.82) is 0 Å². The lowest BCUT2D eigenvalue weighted by Crippen LogP contribution is -1.95. The molecule has 0 amide bonds. The number of ether oxygens (including phenoxy) is 3. The van der Waals surface area contributed by atoms with Gasteiger partial charge in [0, 0.05) is 17.8 Å². The van der Waals surface area contributed by atoms with Crippen LogP contribution in [0.5, 0.6) is 17.2 Å². The third-order valence-electron chi connectivity index (χ3n) is 2.81. The maximum absolute atomic E-state index is 13.3. The summed E-state index contributed by atoms with van der Waals surface area (Å²) in [7, 11) is 1.54. The molecule has 0 bridgehead atoms. The number of halogens is 1. The van der Waals surface area contributed by atoms with Crippen molar-refractivity contribution < 1.29 is 18.6 Å². The summed E-state index contributed by atoms with van der Waals surface area (Å²) in [5.41, 5.74) is 1.33. The van der Waals surface area contributed by atoms with Gasteiger partial charge in [-0.2, -0.15) is 0 Å². The van der Waals surface area contributed by atoms with Crippen LogP contribution >= 0.6 is 0 Å². The predicted octanol–water partition coefficient (Wildman–Crippen LogP) is 3.31. The molecule has 0 aliphatic carbocycles. The zero-order valence-corrected chi connectivity index (χ0v) is 10.3. The van der Waals surface area contributed by atoms with Crippen molar-refractivity contribution in [1.82, 2.24) is 0 Å². The first kappa shape index (κ1) is 11.6. The zero-order valence-electron chi connectivity index (χ0n) is 10.3. The van der Waals surface area contributed by atoms with Crippen LogP contribution in [0.2, 0.25) is 0 Å². The van der Waals surface area contributed by atoms with Gasteiger partial charge in [-0.3, -0.25) is 0 Å². The fourth-order valence-corrected chi connectivity index (χ4v) is 1.91. The van der Waals surface area contributed by atoms with Gasteiger partial charge in [0.15, 0.2) is 11.5 Å². The standard InChI is InChI=1S/C14H12FNO3/c1-17-12-4-2-9(15)6-11(12)16-10-3-5-13-14(7-10)19-8-18-13/h2-7,16H,8H2,1H3. The van der Waals surface area contributed by atoms with Crippen molar-refractivity contribution >= 4 is 11.4 Å². The third-order valence-corrected chi connectivity index (χ3v) is 2.81. The molecule has 0 radical (unpaired) electrons. The van der Waals surface area contributed by atoms with Gasteiger partial charge in [0.05, 0.1) is 12.8 Å². The molecule has 3 rings (SSSR count). The van der Waals surface area contributed by atoms with Gasteiger partial charge < -0.3 is 19.5 Å². The van der Waals surface area contributed by atoms with E-state index in [4.69, 9.17) is 14.2 Å². The molecule has 5 heteroatoms. The lowest BCUT2D eigenvalue weighted by atomic mass is 10.2. The molecule has 1 aliphatic rings. The molecule has 2 aromatic rings. The monoisotopic (exact) mass is 261 g/mol. The summed E-state index contributed by atoms with van der Waals surface area (Å²) < 4.78 is 29.0. The summed E-state index contributed by atoms with van der Waals surface area (Å²) >= 11 is 0. The van der Waals surface area contributed by atoms with Crippen molar-refractivity contribution in [3.05, 3.63) is 42.2 Å². The third kappa shape index (κ3) is 2.27. The molecular weight excluding hydrogens is 249 g/mol. The Hall–Kier alpha value is -2.43. The molecule has 0 spiro atoms. The molecule has 98 valence electrons. The van der Waals surface area contributed by atoms with Crippen LogP contribution in [0.4, 0.5) is 15.8 Å². The first-order valence-corrected chi connectivity index (χ1v) is 5.76. The van der Waals surface area contributed by atoms with E-state index in [1.165, 1.54) is 19.2 Å². The van der Waals surface area contributed by atoms with Gasteiger partial charge in [-0.05, 0) is 24.3 Å². The Kier molecular flexibility index (Phi) is 2.87. The average molecular weight is 261 g/mol. The molecule has 19 heavy (non-hydrogen) atoms. The second-order valence-electron chi connectivity index (χ2n) is 4.04. The number of rotatable bonds is 3. The highest BCUT2D eigenvalue weighted by Crippen LogP contribution is 2.36. The molecule has 1 aliphatic heterocycles. The first-order valence-electron chi connectivity index (χ1n) is 5.76. The quantitative estimate of drug-likeness (QED) is 0.920. The highest BCUT2D eigenvalue weighted by molar-refractivity contribution is 5.68. The molecule has 1 heterocycles. The highest BCUT2D eigenvalue weighted by atomic mass is 19.1. The molecule has 0 saturated heterocycles. The Balaban J connectivity index is 1.90. The van der Waals surface area contributed by atoms with Crippen LogP contribution in [0.25, 0.3) is 0 Å². The smallest absolute Gasteiger partial charge is 0.231 e. The van der Waals surface area contributed by atoms with E-state index < -0.39 is 0 Å². The fourth-order valence-electron chi connectivity index (χ4n) is 1.91. The summed E-state index contributed by atoms with van der Waals surface area (Å²) in [5, 5.41) is 3.09. The van der Waals surface area contributed by atoms with Crippen LogP contribution in [-0.2, 0) is 0 Å². The van der Waals surface area contributed by atoms with E-state index in [0.29, 0.717) is 22.9 Å². The summed E-state index contributed by atoms with van der Waals surface area (Å²) in [5.74, 6) is 1.61. The zero-order chi connectivity index (χ0) is 13.2. The number of benzene rings is 2. The molecule has 0 unspecified atom stereocenters. The van der Waals surface area contributed by atoms with Crippen molar-refractivity contribution in [2.75, 3.05) is 19.2 Å². The van der Waals surface area contributed by atoms with Crippen LogP contribution in [-0.4, -0.2) is 13.9 Å². The van der Waals surface area contributed by atoms with Crippen LogP contribution in [0.1, 0.15) is 0 Å². The summed E-state index contributed by atoms with van der Waals surface area (Å²) in [4.78, 5) is 0. The minimum absolute atomic E-state index is 0.224. The van der Waals surface area contributed by atoms with Gasteiger partial charge in [0.2, 0.25) is 6.79 Å². The second-order valence-corrected chi connectivity index (χ2v) is 4.04. The van der Waals surface area contributed by atoms with Gasteiger partial charge in [0.1, 0.15) is 11.6 Å². The maximum atomic E-state index is 13.3. The Bertz CT molecular complexity index is 616. The van der Waals surface area contributed by atoms with Crippen LogP contribution in [0.15, 0.2) is 36.4 Å². The van der Waals surface area contributed by atoms with E-state index in [0.717, 1.165) is 5.69 Å². The molecule has 2 aromatic carbocycles. The predicted molar refractivity (Wildman–Crippen MR) is 68.8 cm³/mol. The normalized spacial score (nSPS) is 12.3. The van der Waals surface area contributed by atoms with Gasteiger partial charge >= 0.3 is 0 Å². The first-order chi connectivity index (χ1) is 9.26. The lowest BCUT2D eigenvalue weighted by Gasteiger charge is -2.11. The molecule has 0 fully saturated rings. The van der Waals surface area contributed by atoms with Crippen LogP contribution in [0, 0.1) is 5.82 Å². The van der Waals surface area contributed by atoms with E-state index in [1.54, 1.807) is 18.2 Å². The number of methoxy groups -OCH3 is 1. The minimum atomic E-state index is -0.330. The van der Waals surface area contributed by atoms with Gasteiger partial charge in [-0.25, -0.2) is 4.39 Å². The number of nitrogens with one attached hydrogen (secondary N) is 1. The van der Waals surface area contributed by atoms with Crippen molar-refractivity contribution in [2.24, 2.45) is 0 Å². The largest absolute Gasteiger partial charge is 0.495 e. The second kappa shape index (κ2) is 4.68. The Labute approximate surface area is 109 Å². The number of hydrogen-bond acceptors (Lipinski definition) is 4. The van der Waals surface area contributed by atoms with Gasteiger partial charge in [-0.1, -0.05) is 0 Å². The van der Waals surface area contributed by atoms with E-state index in [-0.39, 0.29) is 12.6 Å². The maximum Gasteiger partial charge on any atom is 0.231 e. The topological polar surface area (TPSA) is 39.7 Å². The Morgan fingerprint density at radius 1 is 1.11 bits per heavy atom. The van der Waals surface area contributed by atoms with Crippen molar-refractivity contribution in [2.45, 2.75) is 0 Å². The Morgan fingerprint density at radius 3 is 2.79 bits per heavy atom. The lowest BCUT2D eigenvalue weighted by molar-refractivity contribution is 0.174. The fraction of sp³-hybridized carbons (Fsp3) is 0.143. The molecule has 4 nitrogen and oxygen atoms in total. The molecule has 1 N–H and O–H groups in total. The number of anilines is 2. The summed E-state index contributed by atoms with van der Waals surface area (Å²) in [6, 6.07) is 9.73. The van der Waals surface area contributed by atoms with Crippen LogP contribution in [0.3, 0.4) is 0 Å². The molecular formula is C14H12FNO3. The molecule has 0 atom stereocenters.